The van der Waals surface area contributed by atoms with E-state index in [0.717, 1.165) is 57.8 Å². The first-order valence-corrected chi connectivity index (χ1v) is 25.0. The molecule has 0 unspecified atom stereocenters. The standard InChI is InChI=1S/C50H96O6/c1-4-7-10-13-16-19-21-23-25-27-29-32-34-37-40-43-49(52)55-46-47(56-50(53)44-41-38-35-30-18-15-12-9-6-3)45-54-48(51)42-39-36-33-31-28-26-24-22-20-17-14-11-8-5-2/h47H,4-46H2,1-3H3/t47-/m0/s1. The second-order valence-corrected chi connectivity index (χ2v) is 17.1. The van der Waals surface area contributed by atoms with Gasteiger partial charge in [-0.3, -0.25) is 14.4 Å². The zero-order valence-electron chi connectivity index (χ0n) is 37.9. The van der Waals surface area contributed by atoms with Gasteiger partial charge in [0.05, 0.1) is 0 Å². The monoisotopic (exact) mass is 793 g/mol. The molecule has 0 amide bonds. The fourth-order valence-electron chi connectivity index (χ4n) is 7.56. The molecule has 56 heavy (non-hydrogen) atoms. The molecule has 0 saturated carbocycles. The van der Waals surface area contributed by atoms with Gasteiger partial charge in [0.25, 0.3) is 0 Å². The Balaban J connectivity index is 4.25. The van der Waals surface area contributed by atoms with E-state index in [-0.39, 0.29) is 31.1 Å². The summed E-state index contributed by atoms with van der Waals surface area (Å²) in [6, 6.07) is 0. The Kier molecular flexibility index (Phi) is 44.8. The van der Waals surface area contributed by atoms with E-state index in [9.17, 15) is 14.4 Å². The number of carbonyl (C=O) groups excluding carboxylic acids is 3. The van der Waals surface area contributed by atoms with Crippen molar-refractivity contribution in [1.82, 2.24) is 0 Å². The summed E-state index contributed by atoms with van der Waals surface area (Å²) in [6.07, 6.45) is 48.0. The van der Waals surface area contributed by atoms with E-state index in [0.29, 0.717) is 19.3 Å². The molecule has 0 aromatic rings. The Hall–Kier alpha value is -1.59. The number of carbonyl (C=O) groups is 3. The second kappa shape index (κ2) is 46.1. The van der Waals surface area contributed by atoms with E-state index in [1.807, 2.05) is 0 Å². The average Bonchev–Trinajstić information content (AvgIpc) is 3.19. The normalized spacial score (nSPS) is 11.8. The van der Waals surface area contributed by atoms with Crippen molar-refractivity contribution in [3.05, 3.63) is 0 Å². The van der Waals surface area contributed by atoms with Crippen molar-refractivity contribution in [3.8, 4) is 0 Å². The summed E-state index contributed by atoms with van der Waals surface area (Å²) < 4.78 is 16.8. The Morgan fingerprint density at radius 3 is 0.714 bits per heavy atom. The van der Waals surface area contributed by atoms with E-state index >= 15 is 0 Å². The van der Waals surface area contributed by atoms with Crippen molar-refractivity contribution in [2.75, 3.05) is 13.2 Å². The van der Waals surface area contributed by atoms with Crippen LogP contribution < -0.4 is 0 Å². The fourth-order valence-corrected chi connectivity index (χ4v) is 7.56. The summed E-state index contributed by atoms with van der Waals surface area (Å²) in [5.74, 6) is -0.846. The van der Waals surface area contributed by atoms with E-state index in [4.69, 9.17) is 14.2 Å². The van der Waals surface area contributed by atoms with Gasteiger partial charge in [0, 0.05) is 19.3 Å². The van der Waals surface area contributed by atoms with Gasteiger partial charge in [-0.25, -0.2) is 0 Å². The highest BCUT2D eigenvalue weighted by molar-refractivity contribution is 5.71. The predicted octanol–water partition coefficient (Wildman–Crippen LogP) is 16.0. The second-order valence-electron chi connectivity index (χ2n) is 17.1. The Morgan fingerprint density at radius 1 is 0.286 bits per heavy atom. The average molecular weight is 793 g/mol. The van der Waals surface area contributed by atoms with Crippen molar-refractivity contribution >= 4 is 17.9 Å². The zero-order valence-corrected chi connectivity index (χ0v) is 37.9. The topological polar surface area (TPSA) is 78.9 Å². The van der Waals surface area contributed by atoms with E-state index in [1.165, 1.54) is 186 Å². The smallest absolute Gasteiger partial charge is 0.306 e. The van der Waals surface area contributed by atoms with Crippen LogP contribution in [-0.4, -0.2) is 37.2 Å². The molecule has 0 N–H and O–H groups in total. The molecule has 0 aliphatic carbocycles. The summed E-state index contributed by atoms with van der Waals surface area (Å²) in [7, 11) is 0. The minimum atomic E-state index is -0.758. The van der Waals surface area contributed by atoms with E-state index in [1.54, 1.807) is 0 Å². The first-order valence-electron chi connectivity index (χ1n) is 25.0. The molecule has 0 spiro atoms. The van der Waals surface area contributed by atoms with Crippen molar-refractivity contribution < 1.29 is 28.6 Å². The van der Waals surface area contributed by atoms with Gasteiger partial charge in [0.2, 0.25) is 0 Å². The molecule has 6 nitrogen and oxygen atoms in total. The lowest BCUT2D eigenvalue weighted by Crippen LogP contribution is -2.30. The van der Waals surface area contributed by atoms with Gasteiger partial charge in [-0.05, 0) is 19.3 Å². The molecule has 0 aromatic heterocycles. The van der Waals surface area contributed by atoms with Crippen molar-refractivity contribution in [3.63, 3.8) is 0 Å². The summed E-state index contributed by atoms with van der Waals surface area (Å²) in [5.41, 5.74) is 0. The number of rotatable bonds is 46. The summed E-state index contributed by atoms with van der Waals surface area (Å²) in [6.45, 7) is 6.66. The molecule has 0 aromatic carbocycles. The summed E-state index contributed by atoms with van der Waals surface area (Å²) in [5, 5.41) is 0. The van der Waals surface area contributed by atoms with Gasteiger partial charge in [0.1, 0.15) is 13.2 Å². The molecule has 0 aliphatic heterocycles. The Bertz CT molecular complexity index is 828. The van der Waals surface area contributed by atoms with Gasteiger partial charge in [-0.1, -0.05) is 245 Å². The molecule has 0 fully saturated rings. The molecular weight excluding hydrogens is 697 g/mol. The lowest BCUT2D eigenvalue weighted by Gasteiger charge is -2.18. The van der Waals surface area contributed by atoms with Crippen LogP contribution in [0, 0.1) is 0 Å². The summed E-state index contributed by atoms with van der Waals surface area (Å²) >= 11 is 0. The predicted molar refractivity (Wildman–Crippen MR) is 238 cm³/mol. The minimum Gasteiger partial charge on any atom is -0.462 e. The molecule has 0 saturated heterocycles. The molecule has 332 valence electrons. The number of esters is 3. The largest absolute Gasteiger partial charge is 0.462 e. The molecule has 1 atom stereocenters. The molecule has 0 heterocycles. The highest BCUT2D eigenvalue weighted by Gasteiger charge is 2.19. The number of ether oxygens (including phenoxy) is 3. The Morgan fingerprint density at radius 2 is 0.482 bits per heavy atom. The lowest BCUT2D eigenvalue weighted by molar-refractivity contribution is -0.167. The fraction of sp³-hybridized carbons (Fsp3) is 0.940. The van der Waals surface area contributed by atoms with Crippen LogP contribution in [0.1, 0.15) is 284 Å². The van der Waals surface area contributed by atoms with Crippen molar-refractivity contribution in [2.45, 2.75) is 290 Å². The lowest BCUT2D eigenvalue weighted by atomic mass is 10.0. The molecular formula is C50H96O6. The van der Waals surface area contributed by atoms with Gasteiger partial charge in [-0.2, -0.15) is 0 Å². The highest BCUT2D eigenvalue weighted by Crippen LogP contribution is 2.16. The maximum atomic E-state index is 12.7. The Labute approximate surface area is 348 Å². The minimum absolute atomic E-state index is 0.0623. The van der Waals surface area contributed by atoms with Gasteiger partial charge >= 0.3 is 17.9 Å². The summed E-state index contributed by atoms with van der Waals surface area (Å²) in [4.78, 5) is 37.8. The van der Waals surface area contributed by atoms with Crippen LogP contribution in [0.5, 0.6) is 0 Å². The third-order valence-corrected chi connectivity index (χ3v) is 11.4. The maximum Gasteiger partial charge on any atom is 0.306 e. The third kappa shape index (κ3) is 43.5. The van der Waals surface area contributed by atoms with Gasteiger partial charge in [-0.15, -0.1) is 0 Å². The molecule has 0 bridgehead atoms. The van der Waals surface area contributed by atoms with Crippen LogP contribution in [-0.2, 0) is 28.6 Å². The zero-order chi connectivity index (χ0) is 40.8. The van der Waals surface area contributed by atoms with Gasteiger partial charge in [0.15, 0.2) is 6.10 Å². The van der Waals surface area contributed by atoms with Crippen LogP contribution >= 0.6 is 0 Å². The maximum absolute atomic E-state index is 12.7. The first-order chi connectivity index (χ1) is 27.5. The van der Waals surface area contributed by atoms with Crippen LogP contribution in [0.2, 0.25) is 0 Å². The van der Waals surface area contributed by atoms with Crippen molar-refractivity contribution in [1.29, 1.82) is 0 Å². The molecule has 0 radical (unpaired) electrons. The first kappa shape index (κ1) is 54.4. The quantitative estimate of drug-likeness (QED) is 0.0347. The highest BCUT2D eigenvalue weighted by atomic mass is 16.6. The van der Waals surface area contributed by atoms with Crippen LogP contribution in [0.4, 0.5) is 0 Å². The van der Waals surface area contributed by atoms with E-state index < -0.39 is 6.10 Å². The van der Waals surface area contributed by atoms with Crippen molar-refractivity contribution in [2.24, 2.45) is 0 Å². The molecule has 0 rings (SSSR count). The number of hydrogen-bond donors (Lipinski definition) is 0. The molecule has 0 aliphatic rings. The van der Waals surface area contributed by atoms with Crippen LogP contribution in [0.25, 0.3) is 0 Å². The number of hydrogen-bond acceptors (Lipinski definition) is 6. The SMILES string of the molecule is CCCCCCCCCCCCCCCCCC(=O)OC[C@H](COC(=O)CCCCCCCCCCCCCCCC)OC(=O)CCCCCCCCCCC. The van der Waals surface area contributed by atoms with Crippen LogP contribution in [0.3, 0.4) is 0 Å². The molecule has 6 heteroatoms. The van der Waals surface area contributed by atoms with Gasteiger partial charge < -0.3 is 14.2 Å². The third-order valence-electron chi connectivity index (χ3n) is 11.4. The van der Waals surface area contributed by atoms with E-state index in [2.05, 4.69) is 20.8 Å². The number of unbranched alkanes of at least 4 members (excludes halogenated alkanes) is 35. The van der Waals surface area contributed by atoms with Crippen LogP contribution in [0.15, 0.2) is 0 Å².